The summed E-state index contributed by atoms with van der Waals surface area (Å²) in [6, 6.07) is -0.00440. The fourth-order valence-electron chi connectivity index (χ4n) is 2.94. The van der Waals surface area contributed by atoms with Crippen molar-refractivity contribution >= 4 is 12.0 Å². The van der Waals surface area contributed by atoms with Crippen LogP contribution in [0.25, 0.3) is 0 Å². The lowest BCUT2D eigenvalue weighted by molar-refractivity contribution is -0.137. The molecule has 0 spiro atoms. The van der Waals surface area contributed by atoms with E-state index in [1.165, 1.54) is 4.90 Å². The number of urea groups is 1. The first kappa shape index (κ1) is 15.1. The Morgan fingerprint density at radius 1 is 1.15 bits per heavy atom. The molecule has 0 aromatic rings. The van der Waals surface area contributed by atoms with Crippen LogP contribution in [-0.2, 0) is 4.79 Å². The van der Waals surface area contributed by atoms with Crippen molar-refractivity contribution in [1.82, 2.24) is 10.2 Å². The summed E-state index contributed by atoms with van der Waals surface area (Å²) < 4.78 is 0. The molecule has 0 bridgehead atoms. The fourth-order valence-corrected chi connectivity index (χ4v) is 2.94. The lowest BCUT2D eigenvalue weighted by Crippen LogP contribution is -2.49. The zero-order chi connectivity index (χ0) is 14.7. The SMILES string of the molecule is CC1CCC(NC(=O)N(CC(=O)O)CC2CC2)CC1C. The van der Waals surface area contributed by atoms with Gasteiger partial charge in [-0.15, -0.1) is 0 Å². The van der Waals surface area contributed by atoms with E-state index >= 15 is 0 Å². The molecule has 3 unspecified atom stereocenters. The minimum atomic E-state index is -0.938. The van der Waals surface area contributed by atoms with Gasteiger partial charge in [0.25, 0.3) is 0 Å². The normalized spacial score (nSPS) is 29.8. The average molecular weight is 282 g/mol. The minimum absolute atomic E-state index is 0.193. The molecule has 5 nitrogen and oxygen atoms in total. The Morgan fingerprint density at radius 3 is 2.40 bits per heavy atom. The molecule has 2 aliphatic rings. The molecule has 5 heteroatoms. The van der Waals surface area contributed by atoms with E-state index in [9.17, 15) is 9.59 Å². The van der Waals surface area contributed by atoms with Crippen LogP contribution in [-0.4, -0.2) is 41.1 Å². The van der Waals surface area contributed by atoms with E-state index in [2.05, 4.69) is 19.2 Å². The number of rotatable bonds is 5. The van der Waals surface area contributed by atoms with Crippen LogP contribution in [0.3, 0.4) is 0 Å². The van der Waals surface area contributed by atoms with Crippen LogP contribution >= 0.6 is 0 Å². The van der Waals surface area contributed by atoms with Gasteiger partial charge in [0.15, 0.2) is 0 Å². The van der Waals surface area contributed by atoms with Gasteiger partial charge in [-0.3, -0.25) is 4.79 Å². The number of carboxylic acids is 1. The van der Waals surface area contributed by atoms with E-state index in [-0.39, 0.29) is 18.6 Å². The van der Waals surface area contributed by atoms with Crippen molar-refractivity contribution in [1.29, 1.82) is 0 Å². The first-order chi connectivity index (χ1) is 9.45. The van der Waals surface area contributed by atoms with Crippen molar-refractivity contribution < 1.29 is 14.7 Å². The van der Waals surface area contributed by atoms with Crippen LogP contribution in [0.4, 0.5) is 4.79 Å². The largest absolute Gasteiger partial charge is 0.480 e. The molecule has 2 aliphatic carbocycles. The molecular formula is C15H26N2O3. The predicted octanol–water partition coefficient (Wildman–Crippen LogP) is 2.32. The van der Waals surface area contributed by atoms with E-state index < -0.39 is 5.97 Å². The topological polar surface area (TPSA) is 69.6 Å². The van der Waals surface area contributed by atoms with Crippen molar-refractivity contribution in [3.63, 3.8) is 0 Å². The number of amides is 2. The summed E-state index contributed by atoms with van der Waals surface area (Å²) in [5.41, 5.74) is 0. The van der Waals surface area contributed by atoms with Gasteiger partial charge in [-0.25, -0.2) is 4.79 Å². The second-order valence-electron chi connectivity index (χ2n) is 6.63. The Morgan fingerprint density at radius 2 is 1.85 bits per heavy atom. The smallest absolute Gasteiger partial charge is 0.323 e. The molecule has 20 heavy (non-hydrogen) atoms. The van der Waals surface area contributed by atoms with Gasteiger partial charge in [0, 0.05) is 12.6 Å². The molecule has 2 saturated carbocycles. The van der Waals surface area contributed by atoms with Crippen molar-refractivity contribution in [2.75, 3.05) is 13.1 Å². The van der Waals surface area contributed by atoms with E-state index in [0.717, 1.165) is 32.1 Å². The van der Waals surface area contributed by atoms with Crippen LogP contribution in [0.2, 0.25) is 0 Å². The molecule has 2 fully saturated rings. The Labute approximate surface area is 120 Å². The molecule has 2 N–H and O–H groups in total. The van der Waals surface area contributed by atoms with Gasteiger partial charge in [-0.1, -0.05) is 13.8 Å². The van der Waals surface area contributed by atoms with Gasteiger partial charge < -0.3 is 15.3 Å². The van der Waals surface area contributed by atoms with Crippen LogP contribution in [0.5, 0.6) is 0 Å². The lowest BCUT2D eigenvalue weighted by Gasteiger charge is -2.34. The average Bonchev–Trinajstić information content (AvgIpc) is 3.16. The molecule has 3 atom stereocenters. The first-order valence-corrected chi connectivity index (χ1v) is 7.73. The molecule has 0 heterocycles. The third kappa shape index (κ3) is 4.39. The number of nitrogens with zero attached hydrogens (tertiary/aromatic N) is 1. The summed E-state index contributed by atoms with van der Waals surface area (Å²) in [5, 5.41) is 12.0. The number of carboxylic acid groups (broad SMARTS) is 1. The van der Waals surface area contributed by atoms with E-state index in [1.807, 2.05) is 0 Å². The minimum Gasteiger partial charge on any atom is -0.480 e. The Bertz CT molecular complexity index is 368. The maximum absolute atomic E-state index is 12.2. The summed E-state index contributed by atoms with van der Waals surface area (Å²) in [4.78, 5) is 24.6. The van der Waals surface area contributed by atoms with Gasteiger partial charge in [-0.2, -0.15) is 0 Å². The van der Waals surface area contributed by atoms with Crippen molar-refractivity contribution in [2.45, 2.75) is 52.0 Å². The first-order valence-electron chi connectivity index (χ1n) is 7.73. The lowest BCUT2D eigenvalue weighted by atomic mass is 9.79. The summed E-state index contributed by atoms with van der Waals surface area (Å²) in [7, 11) is 0. The van der Waals surface area contributed by atoms with Gasteiger partial charge in [0.2, 0.25) is 0 Å². The van der Waals surface area contributed by atoms with Crippen molar-refractivity contribution in [3.8, 4) is 0 Å². The zero-order valence-electron chi connectivity index (χ0n) is 12.5. The standard InChI is InChI=1S/C15H26N2O3/c1-10-3-6-13(7-11(10)2)16-15(20)17(9-14(18)19)8-12-4-5-12/h10-13H,3-9H2,1-2H3,(H,16,20)(H,18,19). The Hall–Kier alpha value is -1.26. The summed E-state index contributed by atoms with van der Waals surface area (Å²) in [6.45, 7) is 4.87. The van der Waals surface area contributed by atoms with Gasteiger partial charge in [0.1, 0.15) is 6.54 Å². The zero-order valence-corrected chi connectivity index (χ0v) is 12.5. The highest BCUT2D eigenvalue weighted by Gasteiger charge is 2.30. The molecule has 0 aromatic heterocycles. The Balaban J connectivity index is 1.85. The number of aliphatic carboxylic acids is 1. The fraction of sp³-hybridized carbons (Fsp3) is 0.867. The Kier molecular flexibility index (Phi) is 4.89. The van der Waals surface area contributed by atoms with Crippen LogP contribution in [0.15, 0.2) is 0 Å². The van der Waals surface area contributed by atoms with Crippen LogP contribution in [0.1, 0.15) is 46.0 Å². The third-order valence-electron chi connectivity index (χ3n) is 4.71. The third-order valence-corrected chi connectivity index (χ3v) is 4.71. The quantitative estimate of drug-likeness (QED) is 0.813. The number of hydrogen-bond donors (Lipinski definition) is 2. The molecular weight excluding hydrogens is 256 g/mol. The van der Waals surface area contributed by atoms with Gasteiger partial charge in [-0.05, 0) is 49.9 Å². The maximum Gasteiger partial charge on any atom is 0.323 e. The number of nitrogens with one attached hydrogen (secondary N) is 1. The maximum atomic E-state index is 12.2. The molecule has 0 radical (unpaired) electrons. The van der Waals surface area contributed by atoms with Crippen molar-refractivity contribution in [2.24, 2.45) is 17.8 Å². The molecule has 0 aromatic carbocycles. The monoisotopic (exact) mass is 282 g/mol. The number of carbonyl (C=O) groups is 2. The molecule has 0 aliphatic heterocycles. The number of hydrogen-bond acceptors (Lipinski definition) is 2. The second-order valence-corrected chi connectivity index (χ2v) is 6.63. The summed E-state index contributed by atoms with van der Waals surface area (Å²) in [6.07, 6.45) is 5.36. The van der Waals surface area contributed by atoms with E-state index in [1.54, 1.807) is 0 Å². The predicted molar refractivity (Wildman–Crippen MR) is 76.4 cm³/mol. The van der Waals surface area contributed by atoms with Gasteiger partial charge >= 0.3 is 12.0 Å². The highest BCUT2D eigenvalue weighted by molar-refractivity contribution is 5.80. The summed E-state index contributed by atoms with van der Waals surface area (Å²) >= 11 is 0. The molecule has 0 saturated heterocycles. The van der Waals surface area contributed by atoms with E-state index in [4.69, 9.17) is 5.11 Å². The molecule has 114 valence electrons. The highest BCUT2D eigenvalue weighted by atomic mass is 16.4. The summed E-state index contributed by atoms with van der Waals surface area (Å²) in [5.74, 6) is 0.895. The van der Waals surface area contributed by atoms with Crippen LogP contribution in [0, 0.1) is 17.8 Å². The molecule has 2 amide bonds. The van der Waals surface area contributed by atoms with E-state index in [0.29, 0.717) is 24.3 Å². The number of carbonyl (C=O) groups excluding carboxylic acids is 1. The second kappa shape index (κ2) is 6.46. The highest BCUT2D eigenvalue weighted by Crippen LogP contribution is 2.31. The van der Waals surface area contributed by atoms with Gasteiger partial charge in [0.05, 0.1) is 0 Å². The van der Waals surface area contributed by atoms with Crippen LogP contribution < -0.4 is 5.32 Å². The molecule has 2 rings (SSSR count). The van der Waals surface area contributed by atoms with Crippen molar-refractivity contribution in [3.05, 3.63) is 0 Å².